The summed E-state index contributed by atoms with van der Waals surface area (Å²) in [6.45, 7) is 0. The summed E-state index contributed by atoms with van der Waals surface area (Å²) in [6, 6.07) is 11.1. The predicted octanol–water partition coefficient (Wildman–Crippen LogP) is 3.39. The highest BCUT2D eigenvalue weighted by Crippen LogP contribution is 2.33. The summed E-state index contributed by atoms with van der Waals surface area (Å²) < 4.78 is 0. The van der Waals surface area contributed by atoms with Gasteiger partial charge in [0.25, 0.3) is 0 Å². The Kier molecular flexibility index (Phi) is 3.91. The average Bonchev–Trinajstić information content (AvgIpc) is 2.45. The second kappa shape index (κ2) is 5.79. The van der Waals surface area contributed by atoms with Crippen LogP contribution in [0.4, 0.5) is 5.69 Å². The Morgan fingerprint density at radius 1 is 1.10 bits per heavy atom. The topological polar surface area (TPSA) is 87.0 Å². The van der Waals surface area contributed by atoms with E-state index in [0.717, 1.165) is 17.7 Å². The van der Waals surface area contributed by atoms with E-state index in [1.165, 1.54) is 6.08 Å². The molecule has 0 bridgehead atoms. The van der Waals surface area contributed by atoms with Crippen LogP contribution in [0.2, 0.25) is 0 Å². The molecule has 2 aromatic carbocycles. The smallest absolute Gasteiger partial charge is 0.191 e. The zero-order valence-electron chi connectivity index (χ0n) is 10.4. The lowest BCUT2D eigenvalue weighted by atomic mass is 10.1. The lowest BCUT2D eigenvalue weighted by Crippen LogP contribution is -1.95. The van der Waals surface area contributed by atoms with Crippen LogP contribution in [-0.4, -0.2) is 16.0 Å². The monoisotopic (exact) mass is 269 g/mol. The first kappa shape index (κ1) is 13.5. The van der Waals surface area contributed by atoms with Gasteiger partial charge in [-0.3, -0.25) is 4.79 Å². The summed E-state index contributed by atoms with van der Waals surface area (Å²) in [5.41, 5.74) is 0.273. The van der Waals surface area contributed by atoms with E-state index in [2.05, 4.69) is 5.18 Å². The molecule has 0 spiro atoms. The van der Waals surface area contributed by atoms with Crippen molar-refractivity contribution in [2.75, 3.05) is 0 Å². The highest BCUT2D eigenvalue weighted by Gasteiger charge is 2.16. The summed E-state index contributed by atoms with van der Waals surface area (Å²) in [6.07, 6.45) is 2.79. The van der Waals surface area contributed by atoms with E-state index in [0.29, 0.717) is 0 Å². The van der Waals surface area contributed by atoms with Crippen molar-refractivity contribution in [3.05, 3.63) is 64.6 Å². The highest BCUT2D eigenvalue weighted by molar-refractivity contribution is 6.12. The minimum atomic E-state index is -0.569. The number of rotatable bonds is 4. The first-order valence-electron chi connectivity index (χ1n) is 5.78. The molecule has 0 aliphatic rings. The molecular weight excluding hydrogens is 258 g/mol. The van der Waals surface area contributed by atoms with E-state index in [9.17, 15) is 19.9 Å². The van der Waals surface area contributed by atoms with Gasteiger partial charge in [0, 0.05) is 12.1 Å². The van der Waals surface area contributed by atoms with E-state index in [4.69, 9.17) is 0 Å². The van der Waals surface area contributed by atoms with Gasteiger partial charge in [-0.15, -0.1) is 4.91 Å². The second-order valence-electron chi connectivity index (χ2n) is 4.06. The fraction of sp³-hybridized carbons (Fsp3) is 0. The van der Waals surface area contributed by atoms with Crippen molar-refractivity contribution in [1.82, 2.24) is 0 Å². The van der Waals surface area contributed by atoms with Crippen molar-refractivity contribution in [2.24, 2.45) is 5.18 Å². The van der Waals surface area contributed by atoms with Crippen molar-refractivity contribution >= 4 is 17.5 Å². The Morgan fingerprint density at radius 3 is 2.45 bits per heavy atom. The maximum Gasteiger partial charge on any atom is 0.191 e. The Labute approximate surface area is 114 Å². The van der Waals surface area contributed by atoms with E-state index in [1.807, 2.05) is 18.2 Å². The fourth-order valence-corrected chi connectivity index (χ4v) is 1.74. The summed E-state index contributed by atoms with van der Waals surface area (Å²) in [7, 11) is 0. The van der Waals surface area contributed by atoms with Gasteiger partial charge in [0.2, 0.25) is 0 Å². The zero-order valence-corrected chi connectivity index (χ0v) is 10.4. The van der Waals surface area contributed by atoms with Gasteiger partial charge in [-0.2, -0.15) is 0 Å². The third-order valence-electron chi connectivity index (χ3n) is 2.65. The van der Waals surface area contributed by atoms with Crippen LogP contribution in [0.1, 0.15) is 15.9 Å². The van der Waals surface area contributed by atoms with Gasteiger partial charge in [-0.1, -0.05) is 36.4 Å². The van der Waals surface area contributed by atoms with E-state index >= 15 is 0 Å². The van der Waals surface area contributed by atoms with Crippen LogP contribution in [0.25, 0.3) is 6.08 Å². The van der Waals surface area contributed by atoms with E-state index in [1.54, 1.807) is 18.2 Å². The third kappa shape index (κ3) is 2.89. The number of ketones is 1. The minimum absolute atomic E-state index is 0.231. The molecule has 2 rings (SSSR count). The molecule has 5 heteroatoms. The molecule has 0 amide bonds. The number of carbonyl (C=O) groups excluding carboxylic acids is 1. The first-order chi connectivity index (χ1) is 9.61. The van der Waals surface area contributed by atoms with Gasteiger partial charge in [0.1, 0.15) is 17.2 Å². The number of aromatic hydroxyl groups is 2. The molecule has 5 nitrogen and oxygen atoms in total. The predicted molar refractivity (Wildman–Crippen MR) is 75.0 cm³/mol. The minimum Gasteiger partial charge on any atom is -0.508 e. The molecule has 0 saturated carbocycles. The average molecular weight is 269 g/mol. The summed E-state index contributed by atoms with van der Waals surface area (Å²) in [5, 5.41) is 21.6. The molecule has 2 N–H and O–H groups in total. The molecule has 0 fully saturated rings. The fourth-order valence-electron chi connectivity index (χ4n) is 1.74. The van der Waals surface area contributed by atoms with Crippen molar-refractivity contribution in [1.29, 1.82) is 0 Å². The molecule has 0 atom stereocenters. The number of hydrogen-bond donors (Lipinski definition) is 2. The molecule has 0 saturated heterocycles. The lowest BCUT2D eigenvalue weighted by molar-refractivity contribution is 0.104. The lowest BCUT2D eigenvalue weighted by Gasteiger charge is -2.04. The second-order valence-corrected chi connectivity index (χ2v) is 4.06. The number of phenolic OH excluding ortho intramolecular Hbond substituents is 2. The zero-order chi connectivity index (χ0) is 14.5. The maximum atomic E-state index is 12.0. The van der Waals surface area contributed by atoms with Crippen LogP contribution in [-0.2, 0) is 0 Å². The molecule has 100 valence electrons. The van der Waals surface area contributed by atoms with Gasteiger partial charge in [-0.25, -0.2) is 0 Å². The van der Waals surface area contributed by atoms with Crippen LogP contribution in [0.15, 0.2) is 53.7 Å². The van der Waals surface area contributed by atoms with Crippen LogP contribution >= 0.6 is 0 Å². The number of hydrogen-bond acceptors (Lipinski definition) is 5. The van der Waals surface area contributed by atoms with Crippen molar-refractivity contribution in [2.45, 2.75) is 0 Å². The number of benzene rings is 2. The Balaban J connectivity index is 2.35. The van der Waals surface area contributed by atoms with Crippen LogP contribution < -0.4 is 0 Å². The van der Waals surface area contributed by atoms with Crippen LogP contribution in [0.5, 0.6) is 11.5 Å². The highest BCUT2D eigenvalue weighted by atomic mass is 16.3. The number of nitrogens with zero attached hydrogens (tertiary/aromatic N) is 1. The quantitative estimate of drug-likeness (QED) is 0.506. The Morgan fingerprint density at radius 2 is 1.80 bits per heavy atom. The van der Waals surface area contributed by atoms with Crippen molar-refractivity contribution < 1.29 is 15.0 Å². The molecule has 0 radical (unpaired) electrons. The standard InChI is InChI=1S/C15H11NO4/c17-11-8-12(16-20)15(14(19)9-11)13(18)7-6-10-4-2-1-3-5-10/h1-9,17,19H/b7-6+. The number of phenols is 2. The molecule has 20 heavy (non-hydrogen) atoms. The normalized spacial score (nSPS) is 10.6. The molecule has 2 aromatic rings. The van der Waals surface area contributed by atoms with Crippen molar-refractivity contribution in [3.63, 3.8) is 0 Å². The van der Waals surface area contributed by atoms with Gasteiger partial charge in [0.15, 0.2) is 5.78 Å². The molecular formula is C15H11NO4. The summed E-state index contributed by atoms with van der Waals surface area (Å²) in [5.74, 6) is -1.39. The maximum absolute atomic E-state index is 12.0. The number of nitroso groups, excluding NO2 is 1. The van der Waals surface area contributed by atoms with Crippen molar-refractivity contribution in [3.8, 4) is 11.5 Å². The van der Waals surface area contributed by atoms with Crippen LogP contribution in [0, 0.1) is 4.91 Å². The van der Waals surface area contributed by atoms with E-state index < -0.39 is 11.5 Å². The molecule has 0 aliphatic carbocycles. The van der Waals surface area contributed by atoms with Crippen LogP contribution in [0.3, 0.4) is 0 Å². The molecule has 0 aromatic heterocycles. The molecule has 0 heterocycles. The molecule has 0 aliphatic heterocycles. The van der Waals surface area contributed by atoms with Gasteiger partial charge < -0.3 is 10.2 Å². The SMILES string of the molecule is O=Nc1cc(O)cc(O)c1C(=O)/C=C/c1ccccc1. The number of allylic oxidation sites excluding steroid dienone is 1. The Hall–Kier alpha value is -2.95. The summed E-state index contributed by atoms with van der Waals surface area (Å²) >= 11 is 0. The number of carbonyl (C=O) groups is 1. The van der Waals surface area contributed by atoms with Gasteiger partial charge >= 0.3 is 0 Å². The first-order valence-corrected chi connectivity index (χ1v) is 5.78. The van der Waals surface area contributed by atoms with E-state index in [-0.39, 0.29) is 17.0 Å². The molecule has 0 unspecified atom stereocenters. The largest absolute Gasteiger partial charge is 0.508 e. The van der Waals surface area contributed by atoms with Gasteiger partial charge in [0.05, 0.1) is 5.56 Å². The summed E-state index contributed by atoms with van der Waals surface area (Å²) in [4.78, 5) is 22.7. The Bertz CT molecular complexity index is 678. The third-order valence-corrected chi connectivity index (χ3v) is 2.65. The van der Waals surface area contributed by atoms with Gasteiger partial charge in [-0.05, 0) is 16.8 Å².